The lowest BCUT2D eigenvalue weighted by atomic mass is 10.1. The molecular formula is C24H32N5O9P. The molecule has 15 heteroatoms. The molecule has 1 saturated heterocycles. The normalized spacial score (nSPS) is 23.5. The summed E-state index contributed by atoms with van der Waals surface area (Å²) in [5.74, 6) is -0.166. The second-order valence-electron chi connectivity index (χ2n) is 9.02. The highest BCUT2D eigenvalue weighted by Gasteiger charge is 2.46. The molecule has 212 valence electrons. The van der Waals surface area contributed by atoms with Gasteiger partial charge in [-0.2, -0.15) is 10.1 Å². The Morgan fingerprint density at radius 2 is 1.90 bits per heavy atom. The summed E-state index contributed by atoms with van der Waals surface area (Å²) in [6, 6.07) is 7.19. The van der Waals surface area contributed by atoms with Gasteiger partial charge in [0.25, 0.3) is 0 Å². The van der Waals surface area contributed by atoms with Crippen LogP contribution in [-0.2, 0) is 23.4 Å². The Morgan fingerprint density at radius 1 is 1.15 bits per heavy atom. The molecule has 6 atom stereocenters. The lowest BCUT2D eigenvalue weighted by Gasteiger charge is -2.25. The monoisotopic (exact) mass is 565 g/mol. The summed E-state index contributed by atoms with van der Waals surface area (Å²) in [6.07, 6.45) is -2.74. The zero-order valence-electron chi connectivity index (χ0n) is 21.9. The molecule has 1 aliphatic heterocycles. The minimum absolute atomic E-state index is 0.221. The van der Waals surface area contributed by atoms with Crippen LogP contribution in [0.2, 0.25) is 0 Å². The number of para-hydroxylation sites is 1. The molecule has 1 fully saturated rings. The highest BCUT2D eigenvalue weighted by molar-refractivity contribution is 7.52. The molecule has 0 aliphatic carbocycles. The molecule has 3 heterocycles. The van der Waals surface area contributed by atoms with Gasteiger partial charge in [0.15, 0.2) is 17.4 Å². The van der Waals surface area contributed by atoms with Crippen LogP contribution in [0.15, 0.2) is 43.0 Å². The number of aromatic nitrogens is 4. The Balaban J connectivity index is 1.50. The highest BCUT2D eigenvalue weighted by atomic mass is 31.2. The van der Waals surface area contributed by atoms with Crippen molar-refractivity contribution in [3.8, 4) is 11.6 Å². The molecule has 2 aromatic heterocycles. The molecule has 1 unspecified atom stereocenters. The quantitative estimate of drug-likeness (QED) is 0.215. The van der Waals surface area contributed by atoms with Gasteiger partial charge in [-0.3, -0.25) is 13.9 Å². The fourth-order valence-electron chi connectivity index (χ4n) is 3.86. The first-order chi connectivity index (χ1) is 18.6. The van der Waals surface area contributed by atoms with Gasteiger partial charge in [-0.1, -0.05) is 18.2 Å². The van der Waals surface area contributed by atoms with Gasteiger partial charge in [0.05, 0.1) is 25.6 Å². The molecule has 4 rings (SSSR count). The van der Waals surface area contributed by atoms with Crippen molar-refractivity contribution in [2.45, 2.75) is 64.4 Å². The number of fused-ring (bicyclic) bond motifs is 1. The van der Waals surface area contributed by atoms with E-state index in [2.05, 4.69) is 20.0 Å². The van der Waals surface area contributed by atoms with E-state index in [9.17, 15) is 19.6 Å². The Bertz CT molecular complexity index is 1310. The summed E-state index contributed by atoms with van der Waals surface area (Å²) in [5, 5.41) is 24.1. The molecule has 0 amide bonds. The maximum absolute atomic E-state index is 13.7. The van der Waals surface area contributed by atoms with Crippen LogP contribution in [-0.4, -0.2) is 79.4 Å². The molecular weight excluding hydrogens is 533 g/mol. The van der Waals surface area contributed by atoms with E-state index < -0.39 is 50.9 Å². The first kappa shape index (κ1) is 28.9. The molecule has 0 saturated carbocycles. The van der Waals surface area contributed by atoms with Crippen molar-refractivity contribution in [1.29, 1.82) is 0 Å². The zero-order chi connectivity index (χ0) is 28.2. The predicted octanol–water partition coefficient (Wildman–Crippen LogP) is 1.98. The minimum atomic E-state index is -4.21. The average Bonchev–Trinajstić information content (AvgIpc) is 3.44. The summed E-state index contributed by atoms with van der Waals surface area (Å²) < 4.78 is 42.9. The van der Waals surface area contributed by atoms with Crippen molar-refractivity contribution in [2.24, 2.45) is 0 Å². The summed E-state index contributed by atoms with van der Waals surface area (Å²) in [6.45, 7) is 6.55. The number of benzene rings is 1. The molecule has 0 radical (unpaired) electrons. The number of nitrogens with zero attached hydrogens (tertiary/aromatic N) is 4. The number of aliphatic hydroxyl groups excluding tert-OH is 2. The molecule has 14 nitrogen and oxygen atoms in total. The molecule has 0 spiro atoms. The second-order valence-corrected chi connectivity index (χ2v) is 10.7. The van der Waals surface area contributed by atoms with Gasteiger partial charge in [-0.15, -0.1) is 0 Å². The third-order valence-electron chi connectivity index (χ3n) is 5.65. The topological polar surface area (TPSA) is 176 Å². The minimum Gasteiger partial charge on any atom is -0.476 e. The lowest BCUT2D eigenvalue weighted by molar-refractivity contribution is -0.149. The molecule has 0 bridgehead atoms. The van der Waals surface area contributed by atoms with Crippen molar-refractivity contribution in [3.63, 3.8) is 0 Å². The number of aliphatic hydroxyl groups is 2. The smallest absolute Gasteiger partial charge is 0.459 e. The van der Waals surface area contributed by atoms with Crippen molar-refractivity contribution < 1.29 is 42.8 Å². The zero-order valence-corrected chi connectivity index (χ0v) is 22.8. The standard InChI is InChI=1S/C24H32N5O9P/c1-5-34-22-18-21(25-12-26-22)29(13-27-18)23-20(31)19(30)17(37-23)11-35-39(33,38-16-9-7-6-8-10-16)28-15(4)24(32)36-14(2)3/h6-10,12-15,17,19-20,23,30-31H,5,11H2,1-4H3,(H,28,33)/t15-,17+,19+,20+,23+,39?/m0/s1. The predicted molar refractivity (Wildman–Crippen MR) is 137 cm³/mol. The first-order valence-corrected chi connectivity index (χ1v) is 14.0. The van der Waals surface area contributed by atoms with Crippen LogP contribution in [0.25, 0.3) is 11.2 Å². The fraction of sp³-hybridized carbons (Fsp3) is 0.500. The van der Waals surface area contributed by atoms with Gasteiger partial charge in [0.2, 0.25) is 5.88 Å². The van der Waals surface area contributed by atoms with E-state index in [0.717, 1.165) is 0 Å². The Labute approximate surface area is 224 Å². The van der Waals surface area contributed by atoms with Gasteiger partial charge in [-0.25, -0.2) is 14.5 Å². The van der Waals surface area contributed by atoms with E-state index in [1.54, 1.807) is 51.1 Å². The number of hydrogen-bond acceptors (Lipinski definition) is 12. The van der Waals surface area contributed by atoms with E-state index in [-0.39, 0.29) is 17.7 Å². The van der Waals surface area contributed by atoms with E-state index in [4.69, 9.17) is 23.3 Å². The Kier molecular flexibility index (Phi) is 9.15. The van der Waals surface area contributed by atoms with Gasteiger partial charge < -0.3 is 28.9 Å². The maximum Gasteiger partial charge on any atom is 0.459 e. The summed E-state index contributed by atoms with van der Waals surface area (Å²) in [4.78, 5) is 24.9. The van der Waals surface area contributed by atoms with Gasteiger partial charge >= 0.3 is 13.7 Å². The number of rotatable bonds is 12. The van der Waals surface area contributed by atoms with Crippen LogP contribution < -0.4 is 14.3 Å². The molecule has 3 aromatic rings. The number of carbonyl (C=O) groups excluding carboxylic acids is 1. The van der Waals surface area contributed by atoms with E-state index in [0.29, 0.717) is 17.8 Å². The molecule has 3 N–H and O–H groups in total. The third-order valence-corrected chi connectivity index (χ3v) is 7.30. The number of ether oxygens (including phenoxy) is 3. The molecule has 39 heavy (non-hydrogen) atoms. The largest absolute Gasteiger partial charge is 0.476 e. The summed E-state index contributed by atoms with van der Waals surface area (Å²) >= 11 is 0. The number of imidazole rings is 1. The van der Waals surface area contributed by atoms with E-state index >= 15 is 0 Å². The summed E-state index contributed by atoms with van der Waals surface area (Å²) in [5.41, 5.74) is 0.681. The second kappa shape index (κ2) is 12.4. The van der Waals surface area contributed by atoms with Crippen molar-refractivity contribution >= 4 is 24.9 Å². The van der Waals surface area contributed by atoms with Crippen LogP contribution in [0.5, 0.6) is 11.6 Å². The van der Waals surface area contributed by atoms with Crippen molar-refractivity contribution in [3.05, 3.63) is 43.0 Å². The number of carbonyl (C=O) groups is 1. The third kappa shape index (κ3) is 6.72. The van der Waals surface area contributed by atoms with Gasteiger partial charge in [0, 0.05) is 0 Å². The highest BCUT2D eigenvalue weighted by Crippen LogP contribution is 2.46. The van der Waals surface area contributed by atoms with Crippen LogP contribution in [0.1, 0.15) is 33.9 Å². The molecule has 1 aliphatic rings. The number of esters is 1. The van der Waals surface area contributed by atoms with Crippen molar-refractivity contribution in [1.82, 2.24) is 24.6 Å². The van der Waals surface area contributed by atoms with E-state index in [1.165, 1.54) is 24.1 Å². The van der Waals surface area contributed by atoms with Crippen LogP contribution in [0.4, 0.5) is 0 Å². The Hall–Kier alpha value is -3.13. The maximum atomic E-state index is 13.7. The lowest BCUT2D eigenvalue weighted by Crippen LogP contribution is -2.38. The van der Waals surface area contributed by atoms with Gasteiger partial charge in [0.1, 0.15) is 36.4 Å². The van der Waals surface area contributed by atoms with Crippen molar-refractivity contribution in [2.75, 3.05) is 13.2 Å². The number of nitrogens with one attached hydrogen (secondary N) is 1. The van der Waals surface area contributed by atoms with Crippen LogP contribution in [0, 0.1) is 0 Å². The van der Waals surface area contributed by atoms with Gasteiger partial charge in [-0.05, 0) is 39.8 Å². The first-order valence-electron chi connectivity index (χ1n) is 12.4. The van der Waals surface area contributed by atoms with Crippen LogP contribution >= 0.6 is 7.75 Å². The van der Waals surface area contributed by atoms with E-state index in [1.807, 2.05) is 0 Å². The Morgan fingerprint density at radius 3 is 2.59 bits per heavy atom. The number of hydrogen-bond donors (Lipinski definition) is 3. The SMILES string of the molecule is CCOc1ncnc2c1ncn2[C@@H]1O[C@H](COP(=O)(N[C@@H](C)C(=O)OC(C)C)Oc2ccccc2)[C@@H](O)[C@H]1O. The summed E-state index contributed by atoms with van der Waals surface area (Å²) in [7, 11) is -4.21. The van der Waals surface area contributed by atoms with Crippen LogP contribution in [0.3, 0.4) is 0 Å². The molecule has 1 aromatic carbocycles. The fourth-order valence-corrected chi connectivity index (χ4v) is 5.36. The average molecular weight is 566 g/mol.